The summed E-state index contributed by atoms with van der Waals surface area (Å²) < 4.78 is 11.6. The van der Waals surface area contributed by atoms with Crippen molar-refractivity contribution in [1.82, 2.24) is 0 Å². The summed E-state index contributed by atoms with van der Waals surface area (Å²) in [6, 6.07) is 20.6. The molecule has 3 aromatic rings. The van der Waals surface area contributed by atoms with Crippen LogP contribution in [0.15, 0.2) is 65.6 Å². The fourth-order valence-corrected chi connectivity index (χ4v) is 7.80. The highest BCUT2D eigenvalue weighted by molar-refractivity contribution is 7.99. The summed E-state index contributed by atoms with van der Waals surface area (Å²) in [5, 5.41) is 13.2. The van der Waals surface area contributed by atoms with Crippen LogP contribution in [0.5, 0.6) is 17.2 Å². The lowest BCUT2D eigenvalue weighted by atomic mass is 10.1. The molecule has 0 aliphatic carbocycles. The van der Waals surface area contributed by atoms with Crippen molar-refractivity contribution in [2.24, 2.45) is 0 Å². The van der Waals surface area contributed by atoms with Gasteiger partial charge in [0.15, 0.2) is 5.75 Å². The van der Waals surface area contributed by atoms with Gasteiger partial charge >= 0.3 is 0 Å². The van der Waals surface area contributed by atoms with Crippen molar-refractivity contribution in [3.8, 4) is 17.2 Å². The summed E-state index contributed by atoms with van der Waals surface area (Å²) in [7, 11) is 2.25. The average molecular weight is 499 g/mol. The van der Waals surface area contributed by atoms with Crippen LogP contribution in [-0.4, -0.2) is 25.2 Å². The van der Waals surface area contributed by atoms with Crippen molar-refractivity contribution in [3.63, 3.8) is 0 Å². The van der Waals surface area contributed by atoms with Gasteiger partial charge in [0.25, 0.3) is 0 Å². The highest BCUT2D eigenvalue weighted by Gasteiger charge is 2.28. The van der Waals surface area contributed by atoms with E-state index in [1.165, 1.54) is 5.56 Å². The summed E-state index contributed by atoms with van der Waals surface area (Å²) in [5.74, 6) is 3.12. The van der Waals surface area contributed by atoms with Gasteiger partial charge in [-0.1, -0.05) is 63.1 Å². The maximum absolute atomic E-state index is 10.2. The number of rotatable bonds is 13. The predicted molar refractivity (Wildman–Crippen MR) is 146 cm³/mol. The summed E-state index contributed by atoms with van der Waals surface area (Å²) in [6.07, 6.45) is 5.45. The molecule has 0 fully saturated rings. The monoisotopic (exact) mass is 498 g/mol. The first-order valence-corrected chi connectivity index (χ1v) is 14.2. The molecule has 0 atom stereocenters. The third kappa shape index (κ3) is 6.27. The molecule has 0 radical (unpaired) electrons. The van der Waals surface area contributed by atoms with Crippen molar-refractivity contribution in [2.45, 2.75) is 50.8 Å². The number of benzene rings is 3. The normalized spacial score (nSPS) is 11.0. The van der Waals surface area contributed by atoms with Crippen LogP contribution in [0.2, 0.25) is 0 Å². The van der Waals surface area contributed by atoms with Gasteiger partial charge in [0.1, 0.15) is 11.5 Å². The molecule has 1 N–H and O–H groups in total. The third-order valence-electron chi connectivity index (χ3n) is 5.65. The molecule has 0 amide bonds. The second-order valence-electron chi connectivity index (χ2n) is 8.02. The lowest BCUT2D eigenvalue weighted by Gasteiger charge is -2.26. The van der Waals surface area contributed by atoms with Gasteiger partial charge in [-0.3, -0.25) is 0 Å². The average Bonchev–Trinajstić information content (AvgIpc) is 2.88. The van der Waals surface area contributed by atoms with E-state index in [2.05, 4.69) is 38.1 Å². The maximum atomic E-state index is 10.2. The first kappa shape index (κ1) is 26.4. The third-order valence-corrected chi connectivity index (χ3v) is 9.28. The molecule has 0 saturated heterocycles. The highest BCUT2D eigenvalue weighted by Crippen LogP contribution is 2.45. The molecule has 0 unspecified atom stereocenters. The predicted octanol–water partition coefficient (Wildman–Crippen LogP) is 6.55. The summed E-state index contributed by atoms with van der Waals surface area (Å²) >= 11 is 1.75. The van der Waals surface area contributed by atoms with Crippen molar-refractivity contribution < 1.29 is 19.6 Å². The second-order valence-corrected chi connectivity index (χ2v) is 11.3. The summed E-state index contributed by atoms with van der Waals surface area (Å²) in [4.78, 5) is 6.13. The number of methoxy groups -OCH3 is 2. The van der Waals surface area contributed by atoms with Gasteiger partial charge in [0.2, 0.25) is 0 Å². The van der Waals surface area contributed by atoms with Crippen LogP contribution in [0, 0.1) is 0 Å². The fraction of sp³-hybridized carbons (Fsp3) is 0.357. The Bertz CT molecular complexity index is 1010. The lowest BCUT2D eigenvalue weighted by Crippen LogP contribution is -2.25. The number of aryl methyl sites for hydroxylation is 1. The number of thioether (sulfide) groups is 1. The molecular formula is C28H35O4PS. The molecule has 0 heterocycles. The van der Waals surface area contributed by atoms with Crippen LogP contribution in [0.3, 0.4) is 0 Å². The molecule has 0 bridgehead atoms. The van der Waals surface area contributed by atoms with E-state index < -0.39 is 7.92 Å². The van der Waals surface area contributed by atoms with Crippen LogP contribution in [0.25, 0.3) is 0 Å². The number of hydrogen-bond donors (Lipinski definition) is 1. The van der Waals surface area contributed by atoms with Gasteiger partial charge < -0.3 is 14.4 Å². The zero-order valence-electron chi connectivity index (χ0n) is 20.5. The molecule has 6 heteroatoms. The Hall–Kier alpha value is -2.20. The van der Waals surface area contributed by atoms with E-state index in [0.717, 1.165) is 70.2 Å². The Kier molecular flexibility index (Phi) is 10.6. The number of hydrogen-bond acceptors (Lipinski definition) is 5. The quantitative estimate of drug-likeness (QED) is 0.0952. The highest BCUT2D eigenvalue weighted by atomic mass is 32.2. The molecule has 3 aromatic carbocycles. The summed E-state index contributed by atoms with van der Waals surface area (Å²) in [5.41, 5.74) is 1.26. The first-order valence-electron chi connectivity index (χ1n) is 11.9. The van der Waals surface area contributed by atoms with Gasteiger partial charge in [-0.15, -0.1) is 11.8 Å². The van der Waals surface area contributed by atoms with Crippen molar-refractivity contribution in [2.75, 3.05) is 20.0 Å². The topological polar surface area (TPSA) is 47.9 Å². The van der Waals surface area contributed by atoms with E-state index in [4.69, 9.17) is 14.4 Å². The van der Waals surface area contributed by atoms with E-state index in [0.29, 0.717) is 5.75 Å². The molecule has 182 valence electrons. The molecule has 4 nitrogen and oxygen atoms in total. The van der Waals surface area contributed by atoms with Gasteiger partial charge in [-0.25, -0.2) is 5.26 Å². The largest absolute Gasteiger partial charge is 0.496 e. The van der Waals surface area contributed by atoms with Gasteiger partial charge in [0, 0.05) is 15.9 Å². The number of para-hydroxylation sites is 2. The minimum absolute atomic E-state index is 0.532. The van der Waals surface area contributed by atoms with Crippen LogP contribution in [-0.2, 0) is 6.42 Å². The molecule has 0 saturated carbocycles. The zero-order chi connectivity index (χ0) is 24.3. The van der Waals surface area contributed by atoms with Crippen LogP contribution in [0.1, 0.15) is 45.1 Å². The van der Waals surface area contributed by atoms with Crippen LogP contribution >= 0.6 is 19.7 Å². The van der Waals surface area contributed by atoms with Gasteiger partial charge in [-0.05, 0) is 62.8 Å². The van der Waals surface area contributed by atoms with E-state index in [9.17, 15) is 5.26 Å². The Morgan fingerprint density at radius 3 is 1.91 bits per heavy atom. The number of ether oxygens (including phenoxy) is 2. The van der Waals surface area contributed by atoms with Gasteiger partial charge in [-0.2, -0.15) is 0 Å². The van der Waals surface area contributed by atoms with E-state index in [1.807, 2.05) is 36.4 Å². The lowest BCUT2D eigenvalue weighted by molar-refractivity contribution is -0.139. The molecular weight excluding hydrogens is 463 g/mol. The standard InChI is InChI=1S/C28H35O4PS/c1-5-7-13-21-19-26(28(32-29)27(20-21)34-18-8-6-2)33(24-16-11-9-14-22(24)30-3)25-17-12-10-15-23(25)31-4/h9-12,14-17,19-20,29H,5-8,13,18H2,1-4H3. The molecule has 0 spiro atoms. The Labute approximate surface area is 209 Å². The minimum Gasteiger partial charge on any atom is -0.496 e. The van der Waals surface area contributed by atoms with Gasteiger partial charge in [0.05, 0.1) is 19.1 Å². The number of unbranched alkanes of at least 4 members (excludes halogenated alkanes) is 2. The SMILES string of the molecule is CCCCSc1cc(CCCC)cc(P(c2ccccc2OC)c2ccccc2OC)c1OO. The summed E-state index contributed by atoms with van der Waals surface area (Å²) in [6.45, 7) is 4.40. The Morgan fingerprint density at radius 1 is 0.794 bits per heavy atom. The molecule has 3 rings (SSSR count). The van der Waals surface area contributed by atoms with Crippen molar-refractivity contribution in [1.29, 1.82) is 0 Å². The van der Waals surface area contributed by atoms with Crippen LogP contribution < -0.4 is 30.3 Å². The van der Waals surface area contributed by atoms with E-state index in [1.54, 1.807) is 26.0 Å². The first-order chi connectivity index (χ1) is 16.7. The van der Waals surface area contributed by atoms with Crippen molar-refractivity contribution in [3.05, 3.63) is 66.2 Å². The smallest absolute Gasteiger partial charge is 0.186 e. The van der Waals surface area contributed by atoms with E-state index in [-0.39, 0.29) is 0 Å². The molecule has 0 aliphatic heterocycles. The molecule has 0 aromatic heterocycles. The van der Waals surface area contributed by atoms with E-state index >= 15 is 0 Å². The minimum atomic E-state index is -1.14. The molecule has 0 aliphatic rings. The fourth-order valence-electron chi connectivity index (χ4n) is 3.88. The Balaban J connectivity index is 2.29. The van der Waals surface area contributed by atoms with Crippen LogP contribution in [0.4, 0.5) is 0 Å². The zero-order valence-corrected chi connectivity index (χ0v) is 22.3. The Morgan fingerprint density at radius 2 is 1.38 bits per heavy atom. The second kappa shape index (κ2) is 13.6. The molecule has 34 heavy (non-hydrogen) atoms. The van der Waals surface area contributed by atoms with Crippen molar-refractivity contribution >= 4 is 35.6 Å². The maximum Gasteiger partial charge on any atom is 0.186 e.